The zero-order valence-corrected chi connectivity index (χ0v) is 10.6. The summed E-state index contributed by atoms with van der Waals surface area (Å²) in [5.41, 5.74) is 5.39. The van der Waals surface area contributed by atoms with Crippen LogP contribution in [0.2, 0.25) is 0 Å². The Labute approximate surface area is 106 Å². The Morgan fingerprint density at radius 3 is 2.28 bits per heavy atom. The van der Waals surface area contributed by atoms with E-state index in [2.05, 4.69) is 10.6 Å². The van der Waals surface area contributed by atoms with E-state index in [0.29, 0.717) is 18.9 Å². The van der Waals surface area contributed by atoms with Crippen LogP contribution in [-0.4, -0.2) is 42.5 Å². The van der Waals surface area contributed by atoms with Crippen molar-refractivity contribution in [3.63, 3.8) is 0 Å². The first-order valence-electron chi connectivity index (χ1n) is 5.91. The number of carbonyl (C=O) groups is 3. The number of rotatable bonds is 9. The molecule has 2 amide bonds. The SMILES string of the molecule is CC(CCN)CCC(=O)NCC(=O)NCC(=O)O. The highest BCUT2D eigenvalue weighted by Gasteiger charge is 2.08. The average Bonchev–Trinajstić information content (AvgIpc) is 2.31. The summed E-state index contributed by atoms with van der Waals surface area (Å²) in [6.45, 7) is 1.97. The molecule has 0 aromatic heterocycles. The molecule has 0 saturated heterocycles. The molecule has 0 aliphatic carbocycles. The maximum Gasteiger partial charge on any atom is 0.322 e. The van der Waals surface area contributed by atoms with Gasteiger partial charge in [0.2, 0.25) is 11.8 Å². The van der Waals surface area contributed by atoms with Crippen molar-refractivity contribution in [2.45, 2.75) is 26.2 Å². The van der Waals surface area contributed by atoms with Gasteiger partial charge < -0.3 is 21.5 Å². The number of nitrogens with two attached hydrogens (primary N) is 1. The first-order chi connectivity index (χ1) is 8.45. The molecule has 0 aromatic rings. The third-order valence-corrected chi connectivity index (χ3v) is 2.41. The summed E-state index contributed by atoms with van der Waals surface area (Å²) in [4.78, 5) is 32.6. The Hall–Kier alpha value is -1.63. The highest BCUT2D eigenvalue weighted by atomic mass is 16.4. The standard InChI is InChI=1S/C11H21N3O4/c1-8(4-5-12)2-3-9(15)13-6-10(16)14-7-11(17)18/h8H,2-7,12H2,1H3,(H,13,15)(H,14,16)(H,17,18). The van der Waals surface area contributed by atoms with Gasteiger partial charge in [-0.15, -0.1) is 0 Å². The molecule has 0 heterocycles. The predicted molar refractivity (Wildman–Crippen MR) is 65.7 cm³/mol. The summed E-state index contributed by atoms with van der Waals surface area (Å²) < 4.78 is 0. The minimum absolute atomic E-state index is 0.197. The quantitative estimate of drug-likeness (QED) is 0.426. The smallest absolute Gasteiger partial charge is 0.322 e. The monoisotopic (exact) mass is 259 g/mol. The van der Waals surface area contributed by atoms with Gasteiger partial charge in [-0.2, -0.15) is 0 Å². The maximum atomic E-state index is 11.4. The number of nitrogens with one attached hydrogen (secondary N) is 2. The fraction of sp³-hybridized carbons (Fsp3) is 0.727. The van der Waals surface area contributed by atoms with E-state index in [1.54, 1.807) is 0 Å². The Balaban J connectivity index is 3.63. The Bertz CT molecular complexity index is 294. The first-order valence-corrected chi connectivity index (χ1v) is 5.91. The van der Waals surface area contributed by atoms with Crippen LogP contribution in [-0.2, 0) is 14.4 Å². The van der Waals surface area contributed by atoms with Gasteiger partial charge in [0, 0.05) is 6.42 Å². The third-order valence-electron chi connectivity index (χ3n) is 2.41. The summed E-state index contributed by atoms with van der Waals surface area (Å²) in [5.74, 6) is -1.48. The van der Waals surface area contributed by atoms with Crippen molar-refractivity contribution in [1.82, 2.24) is 10.6 Å². The lowest BCUT2D eigenvalue weighted by atomic mass is 10.0. The summed E-state index contributed by atoms with van der Waals surface area (Å²) in [6.07, 6.45) is 1.93. The van der Waals surface area contributed by atoms with Gasteiger partial charge in [-0.3, -0.25) is 14.4 Å². The maximum absolute atomic E-state index is 11.4. The van der Waals surface area contributed by atoms with Gasteiger partial charge in [0.25, 0.3) is 0 Å². The van der Waals surface area contributed by atoms with E-state index in [1.807, 2.05) is 6.92 Å². The number of carboxylic acid groups (broad SMARTS) is 1. The molecule has 1 atom stereocenters. The van der Waals surface area contributed by atoms with Gasteiger partial charge in [0.15, 0.2) is 0 Å². The van der Waals surface area contributed by atoms with Crippen LogP contribution < -0.4 is 16.4 Å². The van der Waals surface area contributed by atoms with Gasteiger partial charge in [-0.25, -0.2) is 0 Å². The van der Waals surface area contributed by atoms with Crippen molar-refractivity contribution in [2.75, 3.05) is 19.6 Å². The van der Waals surface area contributed by atoms with Crippen molar-refractivity contribution in [3.8, 4) is 0 Å². The molecule has 0 radical (unpaired) electrons. The van der Waals surface area contributed by atoms with E-state index >= 15 is 0 Å². The largest absolute Gasteiger partial charge is 0.480 e. The predicted octanol–water partition coefficient (Wildman–Crippen LogP) is -0.931. The number of aliphatic carboxylic acids is 1. The van der Waals surface area contributed by atoms with E-state index in [-0.39, 0.29) is 12.5 Å². The lowest BCUT2D eigenvalue weighted by Crippen LogP contribution is -2.39. The van der Waals surface area contributed by atoms with E-state index in [9.17, 15) is 14.4 Å². The highest BCUT2D eigenvalue weighted by molar-refractivity contribution is 5.86. The lowest BCUT2D eigenvalue weighted by molar-refractivity contribution is -0.137. The van der Waals surface area contributed by atoms with Gasteiger partial charge >= 0.3 is 5.97 Å². The van der Waals surface area contributed by atoms with Crippen molar-refractivity contribution >= 4 is 17.8 Å². The molecule has 0 saturated carbocycles. The zero-order chi connectivity index (χ0) is 14.0. The zero-order valence-electron chi connectivity index (χ0n) is 10.6. The van der Waals surface area contributed by atoms with Crippen molar-refractivity contribution in [2.24, 2.45) is 11.7 Å². The molecule has 0 spiro atoms. The van der Waals surface area contributed by atoms with Crippen LogP contribution in [0, 0.1) is 5.92 Å². The van der Waals surface area contributed by atoms with E-state index in [4.69, 9.17) is 10.8 Å². The minimum atomic E-state index is -1.12. The van der Waals surface area contributed by atoms with E-state index in [1.165, 1.54) is 0 Å². The molecule has 18 heavy (non-hydrogen) atoms. The summed E-state index contributed by atoms with van der Waals surface area (Å²) in [5, 5.41) is 12.9. The van der Waals surface area contributed by atoms with Gasteiger partial charge in [-0.1, -0.05) is 6.92 Å². The molecular weight excluding hydrogens is 238 g/mol. The molecule has 5 N–H and O–H groups in total. The van der Waals surface area contributed by atoms with Crippen LogP contribution >= 0.6 is 0 Å². The van der Waals surface area contributed by atoms with Crippen LogP contribution in [0.5, 0.6) is 0 Å². The van der Waals surface area contributed by atoms with Gasteiger partial charge in [0.05, 0.1) is 6.54 Å². The third kappa shape index (κ3) is 9.59. The molecule has 104 valence electrons. The van der Waals surface area contributed by atoms with Crippen LogP contribution in [0.1, 0.15) is 26.2 Å². The second-order valence-corrected chi connectivity index (χ2v) is 4.17. The van der Waals surface area contributed by atoms with Crippen molar-refractivity contribution in [3.05, 3.63) is 0 Å². The van der Waals surface area contributed by atoms with Crippen molar-refractivity contribution in [1.29, 1.82) is 0 Å². The molecule has 1 unspecified atom stereocenters. The normalized spacial score (nSPS) is 11.7. The Morgan fingerprint density at radius 1 is 1.11 bits per heavy atom. The number of carbonyl (C=O) groups excluding carboxylic acids is 2. The lowest BCUT2D eigenvalue weighted by Gasteiger charge is -2.09. The molecule has 0 fully saturated rings. The molecule has 7 heteroatoms. The molecule has 0 aromatic carbocycles. The molecule has 0 aliphatic heterocycles. The topological polar surface area (TPSA) is 122 Å². The summed E-state index contributed by atoms with van der Waals surface area (Å²) in [7, 11) is 0. The van der Waals surface area contributed by atoms with Crippen LogP contribution in [0.4, 0.5) is 0 Å². The summed E-state index contributed by atoms with van der Waals surface area (Å²) >= 11 is 0. The number of hydrogen-bond donors (Lipinski definition) is 4. The number of hydrogen-bond acceptors (Lipinski definition) is 4. The highest BCUT2D eigenvalue weighted by Crippen LogP contribution is 2.08. The van der Waals surface area contributed by atoms with E-state index in [0.717, 1.165) is 12.8 Å². The molecule has 0 aliphatic rings. The van der Waals surface area contributed by atoms with E-state index < -0.39 is 18.4 Å². The number of amides is 2. The minimum Gasteiger partial charge on any atom is -0.480 e. The average molecular weight is 259 g/mol. The first kappa shape index (κ1) is 16.4. The molecule has 0 bridgehead atoms. The van der Waals surface area contributed by atoms with Gasteiger partial charge in [-0.05, 0) is 25.3 Å². The van der Waals surface area contributed by atoms with Gasteiger partial charge in [0.1, 0.15) is 6.54 Å². The van der Waals surface area contributed by atoms with Crippen molar-refractivity contribution < 1.29 is 19.5 Å². The van der Waals surface area contributed by atoms with Crippen LogP contribution in [0.25, 0.3) is 0 Å². The summed E-state index contributed by atoms with van der Waals surface area (Å²) in [6, 6.07) is 0. The molecule has 7 nitrogen and oxygen atoms in total. The van der Waals surface area contributed by atoms with Crippen LogP contribution in [0.3, 0.4) is 0 Å². The second-order valence-electron chi connectivity index (χ2n) is 4.17. The second kappa shape index (κ2) is 9.41. The fourth-order valence-corrected chi connectivity index (χ4v) is 1.31. The number of carboxylic acids is 1. The molecule has 0 rings (SSSR count). The Kier molecular flexibility index (Phi) is 8.55. The van der Waals surface area contributed by atoms with Crippen LogP contribution in [0.15, 0.2) is 0 Å². The Morgan fingerprint density at radius 2 is 1.72 bits per heavy atom. The fourth-order valence-electron chi connectivity index (χ4n) is 1.31. The molecular formula is C11H21N3O4.